The molecule has 1 heterocycles. The number of fused-ring (bicyclic) bond motifs is 1. The Labute approximate surface area is 107 Å². The highest BCUT2D eigenvalue weighted by atomic mass is 16.5. The predicted octanol–water partition coefficient (Wildman–Crippen LogP) is 0.942. The van der Waals surface area contributed by atoms with Gasteiger partial charge in [0.2, 0.25) is 0 Å². The van der Waals surface area contributed by atoms with Gasteiger partial charge in [-0.3, -0.25) is 0 Å². The van der Waals surface area contributed by atoms with Gasteiger partial charge in [-0.25, -0.2) is 14.6 Å². The van der Waals surface area contributed by atoms with Crippen molar-refractivity contribution in [1.82, 2.24) is 0 Å². The molecule has 0 spiro atoms. The number of anilines is 1. The summed E-state index contributed by atoms with van der Waals surface area (Å²) in [6, 6.07) is 7.15. The lowest BCUT2D eigenvalue weighted by Gasteiger charge is -2.19. The number of carboxylic acids is 2. The number of benzene rings is 1. The topological polar surface area (TPSA) is 108 Å². The minimum Gasteiger partial charge on any atom is -0.484 e. The number of hydrogen-bond donors (Lipinski definition) is 3. The molecule has 1 aliphatic heterocycles. The second kappa shape index (κ2) is 5.21. The van der Waals surface area contributed by atoms with Gasteiger partial charge in [-0.2, -0.15) is 0 Å². The molecule has 0 saturated carbocycles. The molecule has 0 unspecified atom stereocenters. The summed E-state index contributed by atoms with van der Waals surface area (Å²) in [6.07, 6.45) is 0.782. The molecule has 2 rings (SSSR count). The summed E-state index contributed by atoms with van der Waals surface area (Å²) in [5.41, 5.74) is -0.124. The fourth-order valence-electron chi connectivity index (χ4n) is 1.45. The zero-order valence-electron chi connectivity index (χ0n) is 9.66. The van der Waals surface area contributed by atoms with Crippen LogP contribution < -0.4 is 10.1 Å². The Bertz CT molecular complexity index is 576. The number of aliphatic imine (C=N–C) groups is 1. The molecular formula is C12H10N2O5. The third-order valence-electron chi connectivity index (χ3n) is 2.34. The maximum absolute atomic E-state index is 10.6. The SMILES string of the molecule is O=C(O)C(=CN=C1COc2ccccc2N1)C(=O)O. The van der Waals surface area contributed by atoms with Crippen molar-refractivity contribution in [1.29, 1.82) is 0 Å². The van der Waals surface area contributed by atoms with Crippen molar-refractivity contribution < 1.29 is 24.5 Å². The summed E-state index contributed by atoms with van der Waals surface area (Å²) in [7, 11) is 0. The van der Waals surface area contributed by atoms with Crippen LogP contribution >= 0.6 is 0 Å². The lowest BCUT2D eigenvalue weighted by atomic mass is 10.2. The van der Waals surface area contributed by atoms with E-state index in [9.17, 15) is 9.59 Å². The van der Waals surface area contributed by atoms with E-state index in [0.717, 1.165) is 6.20 Å². The summed E-state index contributed by atoms with van der Waals surface area (Å²) in [5.74, 6) is -2.11. The summed E-state index contributed by atoms with van der Waals surface area (Å²) in [5, 5.41) is 20.2. The Morgan fingerprint density at radius 1 is 1.26 bits per heavy atom. The van der Waals surface area contributed by atoms with E-state index in [0.29, 0.717) is 17.3 Å². The van der Waals surface area contributed by atoms with Gasteiger partial charge in [0.25, 0.3) is 0 Å². The van der Waals surface area contributed by atoms with Gasteiger partial charge in [-0.05, 0) is 12.1 Å². The summed E-state index contributed by atoms with van der Waals surface area (Å²) >= 11 is 0. The largest absolute Gasteiger partial charge is 0.484 e. The van der Waals surface area contributed by atoms with Gasteiger partial charge in [0.15, 0.2) is 5.57 Å². The molecule has 0 radical (unpaired) electrons. The fraction of sp³-hybridized carbons (Fsp3) is 0.0833. The molecule has 7 heteroatoms. The Morgan fingerprint density at radius 2 is 1.95 bits per heavy atom. The Hall–Kier alpha value is -2.83. The lowest BCUT2D eigenvalue weighted by Crippen LogP contribution is -2.25. The molecule has 98 valence electrons. The highest BCUT2D eigenvalue weighted by Crippen LogP contribution is 2.26. The molecule has 19 heavy (non-hydrogen) atoms. The molecule has 0 aliphatic carbocycles. The number of nitrogens with one attached hydrogen (secondary N) is 1. The summed E-state index contributed by atoms with van der Waals surface area (Å²) in [4.78, 5) is 25.1. The Kier molecular flexibility index (Phi) is 3.46. The molecule has 0 saturated heterocycles. The molecule has 0 atom stereocenters. The number of para-hydroxylation sites is 2. The minimum atomic E-state index is -1.55. The number of ether oxygens (including phenoxy) is 1. The molecular weight excluding hydrogens is 252 g/mol. The normalized spacial score (nSPS) is 14.8. The standard InChI is InChI=1S/C12H10N2O5/c15-11(16)7(12(17)18)5-13-10-6-19-9-4-2-1-3-8(9)14-10/h1-5H,6H2,(H,13,14)(H,15,16)(H,17,18). The van der Waals surface area contributed by atoms with Crippen molar-refractivity contribution in [2.24, 2.45) is 4.99 Å². The molecule has 1 aliphatic rings. The van der Waals surface area contributed by atoms with Gasteiger partial charge in [-0.1, -0.05) is 12.1 Å². The van der Waals surface area contributed by atoms with Gasteiger partial charge in [0.05, 0.1) is 11.9 Å². The molecule has 0 fully saturated rings. The molecule has 1 aromatic rings. The van der Waals surface area contributed by atoms with Gasteiger partial charge in [-0.15, -0.1) is 0 Å². The number of hydrogen-bond acceptors (Lipinski definition) is 4. The maximum Gasteiger partial charge on any atom is 0.344 e. The molecule has 0 aromatic heterocycles. The van der Waals surface area contributed by atoms with E-state index in [1.807, 2.05) is 6.07 Å². The van der Waals surface area contributed by atoms with Gasteiger partial charge in [0, 0.05) is 0 Å². The Morgan fingerprint density at radius 3 is 2.63 bits per heavy atom. The second-order valence-electron chi connectivity index (χ2n) is 3.64. The van der Waals surface area contributed by atoms with E-state index in [1.165, 1.54) is 0 Å². The van der Waals surface area contributed by atoms with Crippen molar-refractivity contribution in [2.45, 2.75) is 0 Å². The van der Waals surface area contributed by atoms with Crippen molar-refractivity contribution in [2.75, 3.05) is 11.9 Å². The van der Waals surface area contributed by atoms with Gasteiger partial charge >= 0.3 is 11.9 Å². The van der Waals surface area contributed by atoms with Crippen molar-refractivity contribution in [3.63, 3.8) is 0 Å². The smallest absolute Gasteiger partial charge is 0.344 e. The van der Waals surface area contributed by atoms with Crippen LogP contribution in [0.5, 0.6) is 5.75 Å². The number of rotatable bonds is 3. The zero-order valence-corrected chi connectivity index (χ0v) is 9.66. The van der Waals surface area contributed by atoms with Crippen LogP contribution in [0.25, 0.3) is 0 Å². The van der Waals surface area contributed by atoms with E-state index in [1.54, 1.807) is 18.2 Å². The van der Waals surface area contributed by atoms with E-state index in [-0.39, 0.29) is 6.61 Å². The molecule has 0 bridgehead atoms. The first kappa shape index (κ1) is 12.6. The van der Waals surface area contributed by atoms with Crippen LogP contribution in [-0.2, 0) is 9.59 Å². The third-order valence-corrected chi connectivity index (χ3v) is 2.34. The Balaban J connectivity index is 2.21. The monoisotopic (exact) mass is 262 g/mol. The first-order chi connectivity index (χ1) is 9.08. The van der Waals surface area contributed by atoms with E-state index in [4.69, 9.17) is 14.9 Å². The van der Waals surface area contributed by atoms with Crippen molar-refractivity contribution >= 4 is 23.5 Å². The average molecular weight is 262 g/mol. The van der Waals surface area contributed by atoms with Crippen LogP contribution in [0, 0.1) is 0 Å². The first-order valence-electron chi connectivity index (χ1n) is 5.30. The van der Waals surface area contributed by atoms with Gasteiger partial charge in [0.1, 0.15) is 18.2 Å². The van der Waals surface area contributed by atoms with E-state index >= 15 is 0 Å². The van der Waals surface area contributed by atoms with Crippen LogP contribution in [0.4, 0.5) is 5.69 Å². The molecule has 3 N–H and O–H groups in total. The maximum atomic E-state index is 10.6. The second-order valence-corrected chi connectivity index (χ2v) is 3.64. The third kappa shape index (κ3) is 2.89. The lowest BCUT2D eigenvalue weighted by molar-refractivity contribution is -0.140. The molecule has 1 aromatic carbocycles. The number of carboxylic acid groups (broad SMARTS) is 2. The molecule has 7 nitrogen and oxygen atoms in total. The quantitative estimate of drug-likeness (QED) is 0.425. The first-order valence-corrected chi connectivity index (χ1v) is 5.30. The van der Waals surface area contributed by atoms with Crippen LogP contribution in [-0.4, -0.2) is 34.6 Å². The number of nitrogens with zero attached hydrogens (tertiary/aromatic N) is 1. The number of aliphatic carboxylic acids is 2. The minimum absolute atomic E-state index is 0.111. The van der Waals surface area contributed by atoms with Gasteiger partial charge < -0.3 is 20.3 Å². The van der Waals surface area contributed by atoms with E-state index < -0.39 is 17.5 Å². The summed E-state index contributed by atoms with van der Waals surface area (Å²) < 4.78 is 5.37. The van der Waals surface area contributed by atoms with E-state index in [2.05, 4.69) is 10.3 Å². The number of amidine groups is 1. The van der Waals surface area contributed by atoms with Crippen molar-refractivity contribution in [3.05, 3.63) is 36.0 Å². The van der Waals surface area contributed by atoms with Crippen molar-refractivity contribution in [3.8, 4) is 5.75 Å². The average Bonchev–Trinajstić information content (AvgIpc) is 2.38. The molecule has 0 amide bonds. The highest BCUT2D eigenvalue weighted by molar-refractivity contribution is 6.12. The van der Waals surface area contributed by atoms with Crippen LogP contribution in [0.1, 0.15) is 0 Å². The zero-order chi connectivity index (χ0) is 13.8. The number of carbonyl (C=O) groups is 2. The van der Waals surface area contributed by atoms with Crippen LogP contribution in [0.15, 0.2) is 41.0 Å². The fourth-order valence-corrected chi connectivity index (χ4v) is 1.45. The summed E-state index contributed by atoms with van der Waals surface area (Å²) in [6.45, 7) is 0.111. The highest BCUT2D eigenvalue weighted by Gasteiger charge is 2.17. The van der Waals surface area contributed by atoms with Crippen LogP contribution in [0.2, 0.25) is 0 Å². The van der Waals surface area contributed by atoms with Crippen LogP contribution in [0.3, 0.4) is 0 Å². The predicted molar refractivity (Wildman–Crippen MR) is 66.3 cm³/mol.